The first-order valence-corrected chi connectivity index (χ1v) is 1.48. The van der Waals surface area contributed by atoms with Gasteiger partial charge in [0.1, 0.15) is 0 Å². The predicted molar refractivity (Wildman–Crippen MR) is 24.6 cm³/mol. The molecule has 0 heterocycles. The molecule has 0 saturated heterocycles. The van der Waals surface area contributed by atoms with Crippen LogP contribution < -0.4 is 0 Å². The van der Waals surface area contributed by atoms with Crippen molar-refractivity contribution >= 4 is 87.4 Å². The molecule has 5 heteroatoms. The fourth-order valence-corrected chi connectivity index (χ4v) is 0. The maximum atomic E-state index is 8.57. The Balaban J connectivity index is -0.00000000133. The zero-order valence-corrected chi connectivity index (χ0v) is 9.86. The van der Waals surface area contributed by atoms with Crippen LogP contribution in [0.25, 0.3) is 0 Å². The van der Waals surface area contributed by atoms with E-state index in [1.54, 1.807) is 0 Å². The summed E-state index contributed by atoms with van der Waals surface area (Å²) >= 11 is -1.50. The molecule has 0 aliphatic heterocycles. The fourth-order valence-electron chi connectivity index (χ4n) is 0. The van der Waals surface area contributed by atoms with Crippen LogP contribution in [0.15, 0.2) is 0 Å². The molecule has 24 valence electrons. The Morgan fingerprint density at radius 1 is 1.80 bits per heavy atom. The van der Waals surface area contributed by atoms with E-state index in [0.717, 1.165) is 0 Å². The average molecular weight is 226 g/mol. The van der Waals surface area contributed by atoms with Crippen molar-refractivity contribution in [3.8, 4) is 0 Å². The second-order valence-corrected chi connectivity index (χ2v) is 0.316. The summed E-state index contributed by atoms with van der Waals surface area (Å²) in [5, 5.41) is 0. The molecule has 0 aromatic rings. The molecule has 0 atom stereocenters. The van der Waals surface area contributed by atoms with Crippen molar-refractivity contribution in [2.75, 3.05) is 0 Å². The van der Waals surface area contributed by atoms with Crippen molar-refractivity contribution in [2.45, 2.75) is 0 Å². The average Bonchev–Trinajstić information content (AvgIpc) is 0.918. The van der Waals surface area contributed by atoms with E-state index >= 15 is 0 Å². The number of rotatable bonds is 0. The van der Waals surface area contributed by atoms with Crippen LogP contribution in [-0.2, 0) is 3.80 Å². The molecule has 0 amide bonds. The summed E-state index contributed by atoms with van der Waals surface area (Å²) in [4.78, 5) is 0. The van der Waals surface area contributed by atoms with Crippen molar-refractivity contribution in [1.29, 1.82) is 0 Å². The molecule has 0 rings (SSSR count). The summed E-state index contributed by atoms with van der Waals surface area (Å²) in [6, 6.07) is 0. The zero-order chi connectivity index (χ0) is 2.71. The molecule has 0 spiro atoms. The molecule has 0 bridgehead atoms. The van der Waals surface area contributed by atoms with E-state index in [1.807, 2.05) is 0 Å². The molecule has 0 aliphatic rings. The molecule has 5 heavy (non-hydrogen) atoms. The molecule has 2 nitrogen and oxygen atoms in total. The zero-order valence-electron chi connectivity index (χ0n) is 6.85. The van der Waals surface area contributed by atoms with E-state index in [9.17, 15) is 0 Å². The summed E-state index contributed by atoms with van der Waals surface area (Å²) < 4.78 is 15.7. The van der Waals surface area contributed by atoms with Gasteiger partial charge in [0.15, 0.2) is 0 Å². The van der Waals surface area contributed by atoms with Crippen molar-refractivity contribution < 1.29 is 13.7 Å². The van der Waals surface area contributed by atoms with Crippen molar-refractivity contribution in [3.05, 3.63) is 0 Å². The second-order valence-electron chi connectivity index (χ2n) is 0.105. The Morgan fingerprint density at radius 3 is 1.80 bits per heavy atom. The molecule has 0 fully saturated rings. The fraction of sp³-hybridized carbons (Fsp3) is 0. The molecule has 1 N–H and O–H groups in total. The van der Waals surface area contributed by atoms with Gasteiger partial charge in [0.05, 0.1) is 0 Å². The van der Waals surface area contributed by atoms with E-state index in [-0.39, 0.29) is 77.6 Å². The Kier molecular flexibility index (Phi) is 50.3. The maximum absolute atomic E-state index is 8.57. The molecule has 0 aromatic carbocycles. The summed E-state index contributed by atoms with van der Waals surface area (Å²) in [7, 11) is 0. The van der Waals surface area contributed by atoms with Crippen LogP contribution in [0.4, 0.5) is 0 Å². The Morgan fingerprint density at radius 2 is 1.80 bits per heavy atom. The van der Waals surface area contributed by atoms with Crippen molar-refractivity contribution in [3.63, 3.8) is 0 Å². The Hall–Kier alpha value is 2.47. The van der Waals surface area contributed by atoms with Gasteiger partial charge in [-0.05, 0) is 0 Å². The number of hydrogen-bond donors (Lipinski definition) is 1. The Bertz CT molecular complexity index is 26.0. The van der Waals surface area contributed by atoms with Gasteiger partial charge in [0, 0.05) is 0 Å². The van der Waals surface area contributed by atoms with Crippen molar-refractivity contribution in [1.82, 2.24) is 0 Å². The van der Waals surface area contributed by atoms with E-state index in [0.29, 0.717) is 0 Å². The summed E-state index contributed by atoms with van der Waals surface area (Å²) in [5.74, 6) is 0. The van der Waals surface area contributed by atoms with Gasteiger partial charge in [-0.2, -0.15) is 0 Å². The summed E-state index contributed by atoms with van der Waals surface area (Å²) in [5.41, 5.74) is 0. The van der Waals surface area contributed by atoms with Crippen LogP contribution in [-0.4, -0.2) is 91.6 Å². The molecule has 0 saturated carbocycles. The molecule has 0 unspecified atom stereocenters. The third-order valence-electron chi connectivity index (χ3n) is 0. The van der Waals surface area contributed by atoms with E-state index in [4.69, 9.17) is 7.96 Å². The normalized spacial score (nSPS) is 1.60. The quantitative estimate of drug-likeness (QED) is 0.517. The van der Waals surface area contributed by atoms with Crippen LogP contribution in [0.5, 0.6) is 0 Å². The van der Waals surface area contributed by atoms with Gasteiger partial charge in [-0.3, -0.25) is 0 Å². The van der Waals surface area contributed by atoms with Crippen LogP contribution in [0.2, 0.25) is 0 Å². The minimum absolute atomic E-state index is 0. The van der Waals surface area contributed by atoms with Crippen molar-refractivity contribution in [2.24, 2.45) is 0 Å². The first-order valence-electron chi connectivity index (χ1n) is 0.494. The molecule has 0 aliphatic carbocycles. The van der Waals surface area contributed by atoms with Gasteiger partial charge in [-0.1, -0.05) is 0 Å². The standard InChI is InChI=1S/Al.Ba.Mg.H2O.O.4H/h;;;1H2;;;;;/q+1;2*+2;;;4*-1/p-1. The second kappa shape index (κ2) is 16.1. The van der Waals surface area contributed by atoms with Gasteiger partial charge in [-0.15, -0.1) is 0 Å². The molecule has 0 radical (unpaired) electrons. The Labute approximate surface area is 99.1 Å². The van der Waals surface area contributed by atoms with Gasteiger partial charge in [0.2, 0.25) is 0 Å². The molecular formula is H5AlBaMgO2. The van der Waals surface area contributed by atoms with E-state index in [2.05, 4.69) is 0 Å². The monoisotopic (exact) mass is 226 g/mol. The topological polar surface area (TPSA) is 37.3 Å². The van der Waals surface area contributed by atoms with Crippen LogP contribution in [0.3, 0.4) is 0 Å². The predicted octanol–water partition coefficient (Wildman–Crippen LogP) is -1.37. The first kappa shape index (κ1) is 15.6. The van der Waals surface area contributed by atoms with Gasteiger partial charge in [-0.25, -0.2) is 0 Å². The third-order valence-corrected chi connectivity index (χ3v) is 0. The number of hydrogen-bond acceptors (Lipinski definition) is 1. The van der Waals surface area contributed by atoms with Crippen LogP contribution >= 0.6 is 0 Å². The van der Waals surface area contributed by atoms with Crippen LogP contribution in [0, 0.1) is 0 Å². The van der Waals surface area contributed by atoms with Crippen LogP contribution in [0.1, 0.15) is 5.71 Å². The molecule has 0 aromatic heterocycles. The first-order chi connectivity index (χ1) is 1.41. The SMILES string of the molecule is [Ba+2].[H-].[H-].[H-].[H-].[Mg+2].[O]=[Al][OH]. The minimum atomic E-state index is -1.50. The summed E-state index contributed by atoms with van der Waals surface area (Å²) in [6.07, 6.45) is 0. The van der Waals surface area contributed by atoms with Gasteiger partial charge in [0.25, 0.3) is 0 Å². The van der Waals surface area contributed by atoms with E-state index < -0.39 is 15.5 Å². The molecular weight excluding hydrogens is 221 g/mol. The summed E-state index contributed by atoms with van der Waals surface area (Å²) in [6.45, 7) is 0. The van der Waals surface area contributed by atoms with Gasteiger partial charge < -0.3 is 5.71 Å². The van der Waals surface area contributed by atoms with E-state index in [1.165, 1.54) is 0 Å². The van der Waals surface area contributed by atoms with Gasteiger partial charge >= 0.3 is 95.4 Å². The third kappa shape index (κ3) is 21.2.